The molecule has 1 aliphatic heterocycles. The number of hydrogen-bond donors (Lipinski definition) is 0. The molecule has 1 saturated heterocycles. The van der Waals surface area contributed by atoms with E-state index in [-0.39, 0.29) is 5.91 Å². The molecular formula is C7H10ClNO2. The lowest BCUT2D eigenvalue weighted by molar-refractivity contribution is -0.129. The van der Waals surface area contributed by atoms with Crippen molar-refractivity contribution in [3.8, 4) is 0 Å². The van der Waals surface area contributed by atoms with Gasteiger partial charge in [0.1, 0.15) is 0 Å². The Balaban J connectivity index is 2.38. The molecule has 0 aromatic rings. The number of rotatable bonds is 1. The number of morpholine rings is 1. The molecule has 1 rings (SSSR count). The van der Waals surface area contributed by atoms with Crippen LogP contribution in [0.4, 0.5) is 0 Å². The summed E-state index contributed by atoms with van der Waals surface area (Å²) < 4.78 is 5.08. The van der Waals surface area contributed by atoms with Gasteiger partial charge in [-0.2, -0.15) is 0 Å². The molecule has 0 spiro atoms. The molecule has 1 heterocycles. The smallest absolute Gasteiger partial charge is 0.247 e. The molecule has 0 aliphatic carbocycles. The molecule has 0 bridgehead atoms. The third kappa shape index (κ3) is 2.52. The highest BCUT2D eigenvalue weighted by Gasteiger charge is 2.13. The van der Waals surface area contributed by atoms with E-state index in [1.807, 2.05) is 0 Å². The third-order valence-electron chi connectivity index (χ3n) is 1.53. The van der Waals surface area contributed by atoms with Gasteiger partial charge < -0.3 is 9.64 Å². The summed E-state index contributed by atoms with van der Waals surface area (Å²) >= 11 is 5.26. The van der Waals surface area contributed by atoms with Crippen LogP contribution in [0, 0.1) is 0 Å². The molecule has 62 valence electrons. The quantitative estimate of drug-likeness (QED) is 0.547. The lowest BCUT2D eigenvalue weighted by Gasteiger charge is -2.25. The van der Waals surface area contributed by atoms with Gasteiger partial charge in [-0.3, -0.25) is 4.79 Å². The fourth-order valence-corrected chi connectivity index (χ4v) is 1.05. The van der Waals surface area contributed by atoms with E-state index < -0.39 is 0 Å². The SMILES string of the molecule is O=C(/C=C/Cl)N1CCOCC1. The van der Waals surface area contributed by atoms with Crippen molar-refractivity contribution in [1.29, 1.82) is 0 Å². The van der Waals surface area contributed by atoms with Crippen LogP contribution in [0.1, 0.15) is 0 Å². The first kappa shape index (κ1) is 8.56. The summed E-state index contributed by atoms with van der Waals surface area (Å²) in [5.41, 5.74) is 1.23. The molecule has 0 N–H and O–H groups in total. The maximum Gasteiger partial charge on any atom is 0.247 e. The molecule has 1 fully saturated rings. The number of carbonyl (C=O) groups excluding carboxylic acids is 1. The molecule has 0 atom stereocenters. The number of amides is 1. The highest BCUT2D eigenvalue weighted by molar-refractivity contribution is 6.26. The second kappa shape index (κ2) is 4.36. The van der Waals surface area contributed by atoms with Crippen molar-refractivity contribution in [3.05, 3.63) is 11.6 Å². The Morgan fingerprint density at radius 1 is 1.45 bits per heavy atom. The Hall–Kier alpha value is -0.540. The molecule has 0 aromatic heterocycles. The maximum absolute atomic E-state index is 11.1. The second-order valence-corrected chi connectivity index (χ2v) is 2.48. The highest BCUT2D eigenvalue weighted by Crippen LogP contribution is 1.98. The molecule has 0 unspecified atom stereocenters. The Kier molecular flexibility index (Phi) is 3.39. The van der Waals surface area contributed by atoms with Gasteiger partial charge >= 0.3 is 0 Å². The van der Waals surface area contributed by atoms with E-state index in [1.165, 1.54) is 11.6 Å². The third-order valence-corrected chi connectivity index (χ3v) is 1.65. The van der Waals surface area contributed by atoms with Gasteiger partial charge in [0.15, 0.2) is 0 Å². The van der Waals surface area contributed by atoms with Crippen LogP contribution >= 0.6 is 11.6 Å². The van der Waals surface area contributed by atoms with Crippen molar-refractivity contribution in [2.75, 3.05) is 26.3 Å². The molecule has 11 heavy (non-hydrogen) atoms. The first-order chi connectivity index (χ1) is 5.34. The Labute approximate surface area is 70.6 Å². The zero-order chi connectivity index (χ0) is 8.10. The minimum atomic E-state index is -0.0386. The monoisotopic (exact) mass is 175 g/mol. The minimum Gasteiger partial charge on any atom is -0.378 e. The van der Waals surface area contributed by atoms with Crippen molar-refractivity contribution in [3.63, 3.8) is 0 Å². The van der Waals surface area contributed by atoms with Crippen LogP contribution in [0.15, 0.2) is 11.6 Å². The highest BCUT2D eigenvalue weighted by atomic mass is 35.5. The van der Waals surface area contributed by atoms with Crippen LogP contribution in [-0.2, 0) is 9.53 Å². The van der Waals surface area contributed by atoms with Gasteiger partial charge in [0.2, 0.25) is 5.91 Å². The molecule has 1 amide bonds. The molecule has 3 nitrogen and oxygen atoms in total. The summed E-state index contributed by atoms with van der Waals surface area (Å²) in [6.07, 6.45) is 1.35. The number of carbonyl (C=O) groups is 1. The predicted molar refractivity (Wildman–Crippen MR) is 42.4 cm³/mol. The van der Waals surface area contributed by atoms with E-state index in [2.05, 4.69) is 0 Å². The van der Waals surface area contributed by atoms with Gasteiger partial charge in [-0.15, -0.1) is 0 Å². The molecular weight excluding hydrogens is 166 g/mol. The van der Waals surface area contributed by atoms with Crippen molar-refractivity contribution in [2.45, 2.75) is 0 Å². The lowest BCUT2D eigenvalue weighted by atomic mass is 10.4. The number of halogens is 1. The standard InChI is InChI=1S/C7H10ClNO2/c8-2-1-7(10)9-3-5-11-6-4-9/h1-2H,3-6H2/b2-1+. The van der Waals surface area contributed by atoms with Crippen LogP contribution in [0.25, 0.3) is 0 Å². The summed E-state index contributed by atoms with van der Waals surface area (Å²) in [5, 5.41) is 0. The normalized spacial score (nSPS) is 19.2. The van der Waals surface area contributed by atoms with Gasteiger partial charge in [0, 0.05) is 24.7 Å². The summed E-state index contributed by atoms with van der Waals surface area (Å²) in [4.78, 5) is 12.8. The van der Waals surface area contributed by atoms with E-state index in [4.69, 9.17) is 16.3 Å². The van der Waals surface area contributed by atoms with E-state index >= 15 is 0 Å². The first-order valence-electron chi connectivity index (χ1n) is 3.48. The average Bonchev–Trinajstić information content (AvgIpc) is 2.07. The Bertz CT molecular complexity index is 164. The van der Waals surface area contributed by atoms with Crippen LogP contribution in [0.3, 0.4) is 0 Å². The van der Waals surface area contributed by atoms with E-state index in [0.717, 1.165) is 0 Å². The second-order valence-electron chi connectivity index (χ2n) is 2.23. The van der Waals surface area contributed by atoms with Crippen molar-refractivity contribution >= 4 is 17.5 Å². The fourth-order valence-electron chi connectivity index (χ4n) is 0.943. The number of hydrogen-bond acceptors (Lipinski definition) is 2. The molecule has 0 aromatic carbocycles. The largest absolute Gasteiger partial charge is 0.378 e. The lowest BCUT2D eigenvalue weighted by Crippen LogP contribution is -2.39. The van der Waals surface area contributed by atoms with E-state index in [1.54, 1.807) is 4.90 Å². The van der Waals surface area contributed by atoms with Gasteiger partial charge in [-0.05, 0) is 0 Å². The molecule has 4 heteroatoms. The number of nitrogens with zero attached hydrogens (tertiary/aromatic N) is 1. The predicted octanol–water partition coefficient (Wildman–Crippen LogP) is 0.598. The van der Waals surface area contributed by atoms with Gasteiger partial charge in [0.25, 0.3) is 0 Å². The molecule has 0 saturated carbocycles. The Morgan fingerprint density at radius 2 is 2.09 bits per heavy atom. The van der Waals surface area contributed by atoms with Crippen LogP contribution in [-0.4, -0.2) is 37.1 Å². The summed E-state index contributed by atoms with van der Waals surface area (Å²) in [5.74, 6) is -0.0386. The van der Waals surface area contributed by atoms with Crippen LogP contribution < -0.4 is 0 Å². The summed E-state index contributed by atoms with van der Waals surface area (Å²) in [6.45, 7) is 2.59. The fraction of sp³-hybridized carbons (Fsp3) is 0.571. The van der Waals surface area contributed by atoms with E-state index in [9.17, 15) is 4.79 Å². The average molecular weight is 176 g/mol. The van der Waals surface area contributed by atoms with Crippen molar-refractivity contribution in [2.24, 2.45) is 0 Å². The zero-order valence-electron chi connectivity index (χ0n) is 6.12. The van der Waals surface area contributed by atoms with Crippen molar-refractivity contribution < 1.29 is 9.53 Å². The summed E-state index contributed by atoms with van der Waals surface area (Å²) in [6, 6.07) is 0. The van der Waals surface area contributed by atoms with Gasteiger partial charge in [-0.25, -0.2) is 0 Å². The summed E-state index contributed by atoms with van der Waals surface area (Å²) in [7, 11) is 0. The zero-order valence-corrected chi connectivity index (χ0v) is 6.88. The topological polar surface area (TPSA) is 29.5 Å². The van der Waals surface area contributed by atoms with Gasteiger partial charge in [-0.1, -0.05) is 11.6 Å². The van der Waals surface area contributed by atoms with Crippen LogP contribution in [0.2, 0.25) is 0 Å². The van der Waals surface area contributed by atoms with Crippen molar-refractivity contribution in [1.82, 2.24) is 4.90 Å². The maximum atomic E-state index is 11.1. The van der Waals surface area contributed by atoms with E-state index in [0.29, 0.717) is 26.3 Å². The van der Waals surface area contributed by atoms with Crippen LogP contribution in [0.5, 0.6) is 0 Å². The molecule has 1 aliphatic rings. The molecule has 0 radical (unpaired) electrons. The minimum absolute atomic E-state index is 0.0386. The van der Waals surface area contributed by atoms with Gasteiger partial charge in [0.05, 0.1) is 13.2 Å². The first-order valence-corrected chi connectivity index (χ1v) is 3.91. The Morgan fingerprint density at radius 3 is 2.64 bits per heavy atom. The number of ether oxygens (including phenoxy) is 1.